The molecule has 1 N–H and O–H groups in total. The number of morpholine rings is 1. The second-order valence-corrected chi connectivity index (χ2v) is 7.65. The maximum atomic E-state index is 13.0. The minimum absolute atomic E-state index is 0.0375. The maximum Gasteiger partial charge on any atom is 0.295 e. The number of rotatable bonds is 5. The molecule has 2 aliphatic heterocycles. The van der Waals surface area contributed by atoms with Crippen LogP contribution in [0.4, 0.5) is 0 Å². The lowest BCUT2D eigenvalue weighted by Crippen LogP contribution is -2.42. The molecule has 0 aromatic carbocycles. The average molecular weight is 423 g/mol. The minimum atomic E-state index is -0.726. The van der Waals surface area contributed by atoms with Crippen molar-refractivity contribution >= 4 is 17.4 Å². The highest BCUT2D eigenvalue weighted by Crippen LogP contribution is 2.39. The molecule has 0 aliphatic carbocycles. The van der Waals surface area contributed by atoms with Gasteiger partial charge in [0, 0.05) is 44.8 Å². The van der Waals surface area contributed by atoms with Gasteiger partial charge in [0.2, 0.25) is 0 Å². The number of ketones is 1. The van der Waals surface area contributed by atoms with E-state index in [-0.39, 0.29) is 11.3 Å². The Labute approximate surface area is 180 Å². The molecule has 2 saturated heterocycles. The van der Waals surface area contributed by atoms with Crippen molar-refractivity contribution in [1.29, 1.82) is 0 Å². The Morgan fingerprint density at radius 3 is 2.65 bits per heavy atom. The predicted molar refractivity (Wildman–Crippen MR) is 112 cm³/mol. The number of ether oxygens (including phenoxy) is 1. The van der Waals surface area contributed by atoms with E-state index >= 15 is 0 Å². The summed E-state index contributed by atoms with van der Waals surface area (Å²) in [5.41, 5.74) is 1.58. The molecule has 0 unspecified atom stereocenters. The molecule has 2 fully saturated rings. The van der Waals surface area contributed by atoms with Gasteiger partial charge in [0.1, 0.15) is 11.6 Å². The van der Waals surface area contributed by atoms with Gasteiger partial charge in [-0.05, 0) is 25.5 Å². The number of aliphatic hydroxyl groups is 1. The molecule has 4 heterocycles. The Kier molecular flexibility index (Phi) is 6.06. The molecule has 31 heavy (non-hydrogen) atoms. The van der Waals surface area contributed by atoms with Crippen LogP contribution in [0.5, 0.6) is 0 Å². The van der Waals surface area contributed by atoms with E-state index in [2.05, 4.69) is 19.9 Å². The number of aliphatic hydroxyl groups excluding tert-OH is 1. The summed E-state index contributed by atoms with van der Waals surface area (Å²) in [6, 6.07) is 2.82. The first kappa shape index (κ1) is 21.1. The van der Waals surface area contributed by atoms with Gasteiger partial charge in [-0.3, -0.25) is 19.5 Å². The number of carbonyl (C=O) groups is 2. The largest absolute Gasteiger partial charge is 0.507 e. The SMILES string of the molecule is Cc1ncc(C(O)=C2C(=O)C(=O)N(CCN3CCOCC3)[C@H]2c2cccnc2)c(C)n1. The van der Waals surface area contributed by atoms with Crippen molar-refractivity contribution in [1.82, 2.24) is 24.8 Å². The molecular weight excluding hydrogens is 398 g/mol. The van der Waals surface area contributed by atoms with Crippen LogP contribution in [0.2, 0.25) is 0 Å². The summed E-state index contributed by atoms with van der Waals surface area (Å²) in [4.78, 5) is 42.3. The molecule has 2 aromatic rings. The van der Waals surface area contributed by atoms with Crippen LogP contribution >= 0.6 is 0 Å². The molecular formula is C22H25N5O4. The fourth-order valence-corrected chi connectivity index (χ4v) is 4.03. The van der Waals surface area contributed by atoms with E-state index < -0.39 is 17.7 Å². The van der Waals surface area contributed by atoms with E-state index in [1.807, 2.05) is 0 Å². The van der Waals surface area contributed by atoms with E-state index in [0.717, 1.165) is 13.1 Å². The number of aryl methyl sites for hydroxylation is 2. The van der Waals surface area contributed by atoms with E-state index in [9.17, 15) is 14.7 Å². The topological polar surface area (TPSA) is 109 Å². The lowest BCUT2D eigenvalue weighted by molar-refractivity contribution is -0.140. The molecule has 0 bridgehead atoms. The Morgan fingerprint density at radius 2 is 1.97 bits per heavy atom. The quantitative estimate of drug-likeness (QED) is 0.435. The molecule has 4 rings (SSSR count). The van der Waals surface area contributed by atoms with Crippen molar-refractivity contribution in [2.45, 2.75) is 19.9 Å². The highest BCUT2D eigenvalue weighted by Gasteiger charge is 2.46. The molecule has 9 heteroatoms. The monoisotopic (exact) mass is 423 g/mol. The van der Waals surface area contributed by atoms with E-state index in [1.165, 1.54) is 11.1 Å². The lowest BCUT2D eigenvalue weighted by atomic mass is 9.96. The number of carbonyl (C=O) groups excluding carboxylic acids is 2. The van der Waals surface area contributed by atoms with Gasteiger partial charge in [0.15, 0.2) is 0 Å². The summed E-state index contributed by atoms with van der Waals surface area (Å²) in [5, 5.41) is 11.1. The molecule has 162 valence electrons. The van der Waals surface area contributed by atoms with Crippen LogP contribution in [-0.2, 0) is 14.3 Å². The van der Waals surface area contributed by atoms with Crippen LogP contribution in [0.15, 0.2) is 36.3 Å². The van der Waals surface area contributed by atoms with Crippen molar-refractivity contribution in [3.63, 3.8) is 0 Å². The van der Waals surface area contributed by atoms with Crippen LogP contribution in [0.25, 0.3) is 5.76 Å². The standard InChI is InChI=1S/C22H25N5O4/c1-14-17(13-24-15(2)25-14)20(28)18-19(16-4-3-5-23-12-16)27(22(30)21(18)29)7-6-26-8-10-31-11-9-26/h3-5,12-13,19,28H,6-11H2,1-2H3/t19-/m0/s1. The first-order chi connectivity index (χ1) is 15.0. The Morgan fingerprint density at radius 1 is 1.19 bits per heavy atom. The lowest BCUT2D eigenvalue weighted by Gasteiger charge is -2.30. The molecule has 9 nitrogen and oxygen atoms in total. The summed E-state index contributed by atoms with van der Waals surface area (Å²) in [5.74, 6) is -1.05. The minimum Gasteiger partial charge on any atom is -0.507 e. The second-order valence-electron chi connectivity index (χ2n) is 7.65. The molecule has 1 amide bonds. The smallest absolute Gasteiger partial charge is 0.295 e. The zero-order valence-corrected chi connectivity index (χ0v) is 17.6. The Balaban J connectivity index is 1.74. The van der Waals surface area contributed by atoms with Gasteiger partial charge >= 0.3 is 0 Å². The molecule has 2 aliphatic rings. The third-order valence-corrected chi connectivity index (χ3v) is 5.66. The summed E-state index contributed by atoms with van der Waals surface area (Å²) < 4.78 is 5.38. The molecule has 0 saturated carbocycles. The van der Waals surface area contributed by atoms with Gasteiger partial charge < -0.3 is 14.7 Å². The number of pyridine rings is 1. The van der Waals surface area contributed by atoms with E-state index in [4.69, 9.17) is 4.74 Å². The van der Waals surface area contributed by atoms with Crippen LogP contribution in [-0.4, -0.2) is 80.9 Å². The third kappa shape index (κ3) is 4.19. The van der Waals surface area contributed by atoms with Crippen molar-refractivity contribution in [3.8, 4) is 0 Å². The third-order valence-electron chi connectivity index (χ3n) is 5.66. The van der Waals surface area contributed by atoms with Gasteiger partial charge in [-0.1, -0.05) is 6.07 Å². The van der Waals surface area contributed by atoms with Crippen LogP contribution < -0.4 is 0 Å². The molecule has 0 radical (unpaired) electrons. The van der Waals surface area contributed by atoms with Crippen molar-refractivity contribution in [2.75, 3.05) is 39.4 Å². The molecule has 2 aromatic heterocycles. The van der Waals surface area contributed by atoms with Gasteiger partial charge in [0.05, 0.1) is 36.1 Å². The number of Topliss-reactive ketones (excluding diaryl/α,β-unsaturated/α-hetero) is 1. The fraction of sp³-hybridized carbons (Fsp3) is 0.409. The summed E-state index contributed by atoms with van der Waals surface area (Å²) in [6.07, 6.45) is 4.72. The highest BCUT2D eigenvalue weighted by molar-refractivity contribution is 6.46. The number of amides is 1. The highest BCUT2D eigenvalue weighted by atomic mass is 16.5. The predicted octanol–water partition coefficient (Wildman–Crippen LogP) is 1.24. The normalized spacial score (nSPS) is 21.6. The summed E-state index contributed by atoms with van der Waals surface area (Å²) in [6.45, 7) is 7.30. The first-order valence-electron chi connectivity index (χ1n) is 10.3. The maximum absolute atomic E-state index is 13.0. The summed E-state index contributed by atoms with van der Waals surface area (Å²) >= 11 is 0. The molecule has 1 atom stereocenters. The first-order valence-corrected chi connectivity index (χ1v) is 10.3. The number of likely N-dealkylation sites (tertiary alicyclic amines) is 1. The van der Waals surface area contributed by atoms with Gasteiger partial charge in [-0.15, -0.1) is 0 Å². The second kappa shape index (κ2) is 8.91. The number of aromatic nitrogens is 3. The fourth-order valence-electron chi connectivity index (χ4n) is 4.03. The Bertz CT molecular complexity index is 1020. The zero-order chi connectivity index (χ0) is 22.0. The number of nitrogens with zero attached hydrogens (tertiary/aromatic N) is 5. The van der Waals surface area contributed by atoms with Crippen molar-refractivity contribution < 1.29 is 19.4 Å². The van der Waals surface area contributed by atoms with E-state index in [0.29, 0.717) is 48.9 Å². The number of hydrogen-bond acceptors (Lipinski definition) is 8. The van der Waals surface area contributed by atoms with E-state index in [1.54, 1.807) is 38.4 Å². The van der Waals surface area contributed by atoms with Crippen molar-refractivity contribution in [3.05, 3.63) is 58.9 Å². The average Bonchev–Trinajstić information content (AvgIpc) is 3.03. The Hall–Kier alpha value is -3.17. The van der Waals surface area contributed by atoms with Crippen LogP contribution in [0.3, 0.4) is 0 Å². The van der Waals surface area contributed by atoms with Crippen LogP contribution in [0.1, 0.15) is 28.7 Å². The zero-order valence-electron chi connectivity index (χ0n) is 17.6. The number of hydrogen-bond donors (Lipinski definition) is 1. The van der Waals surface area contributed by atoms with Gasteiger partial charge in [-0.25, -0.2) is 9.97 Å². The van der Waals surface area contributed by atoms with Gasteiger partial charge in [-0.2, -0.15) is 0 Å². The molecule has 0 spiro atoms. The van der Waals surface area contributed by atoms with Gasteiger partial charge in [0.25, 0.3) is 11.7 Å². The summed E-state index contributed by atoms with van der Waals surface area (Å²) in [7, 11) is 0. The van der Waals surface area contributed by atoms with Crippen LogP contribution in [0, 0.1) is 13.8 Å². The van der Waals surface area contributed by atoms with Crippen molar-refractivity contribution in [2.24, 2.45) is 0 Å².